The van der Waals surface area contributed by atoms with Crippen LogP contribution in [0.5, 0.6) is 0 Å². The zero-order chi connectivity index (χ0) is 17.5. The second-order valence-corrected chi connectivity index (χ2v) is 5.98. The molecule has 0 atom stereocenters. The summed E-state index contributed by atoms with van der Waals surface area (Å²) < 4.78 is 11.7. The Kier molecular flexibility index (Phi) is 6.17. The van der Waals surface area contributed by atoms with Gasteiger partial charge in [-0.1, -0.05) is 55.5 Å². The Morgan fingerprint density at radius 1 is 1.04 bits per heavy atom. The van der Waals surface area contributed by atoms with E-state index in [0.29, 0.717) is 19.9 Å². The number of hydrogen-bond donors (Lipinski definition) is 0. The minimum atomic E-state index is -0.678. The molecule has 1 aliphatic heterocycles. The van der Waals surface area contributed by atoms with E-state index in [1.165, 1.54) is 5.56 Å². The van der Waals surface area contributed by atoms with Crippen molar-refractivity contribution in [2.75, 3.05) is 24.9 Å². The average molecular weight is 340 g/mol. The third-order valence-corrected chi connectivity index (χ3v) is 4.18. The van der Waals surface area contributed by atoms with Crippen LogP contribution >= 0.6 is 0 Å². The summed E-state index contributed by atoms with van der Waals surface area (Å²) in [6.45, 7) is 3.58. The van der Waals surface area contributed by atoms with Crippen LogP contribution in [0.4, 0.5) is 5.69 Å². The molecule has 1 aliphatic rings. The molecular formula is C20H24N2O3. The van der Waals surface area contributed by atoms with Crippen LogP contribution in [-0.2, 0) is 20.7 Å². The lowest BCUT2D eigenvalue weighted by molar-refractivity contribution is -0.243. The van der Waals surface area contributed by atoms with Crippen LogP contribution in [0.15, 0.2) is 60.7 Å². The number of hydrogen-bond acceptors (Lipinski definition) is 4. The van der Waals surface area contributed by atoms with Crippen molar-refractivity contribution in [3.63, 3.8) is 0 Å². The van der Waals surface area contributed by atoms with E-state index >= 15 is 0 Å². The molecule has 0 radical (unpaired) electrons. The summed E-state index contributed by atoms with van der Waals surface area (Å²) in [6, 6.07) is 19.9. The number of carbonyl (C=O) groups excluding carboxylic acids is 1. The summed E-state index contributed by atoms with van der Waals surface area (Å²) in [4.78, 5) is 16.0. The number of ether oxygens (including phenoxy) is 2. The predicted octanol–water partition coefficient (Wildman–Crippen LogP) is 3.22. The molecule has 0 aliphatic carbocycles. The minimum Gasteiger partial charge on any atom is -0.319 e. The lowest BCUT2D eigenvalue weighted by Gasteiger charge is -2.37. The molecule has 25 heavy (non-hydrogen) atoms. The first kappa shape index (κ1) is 17.6. The highest BCUT2D eigenvalue weighted by Crippen LogP contribution is 2.21. The molecule has 0 N–H and O–H groups in total. The van der Waals surface area contributed by atoms with Gasteiger partial charge < -0.3 is 9.47 Å². The number of amides is 1. The van der Waals surface area contributed by atoms with Gasteiger partial charge in [-0.15, -0.1) is 0 Å². The van der Waals surface area contributed by atoms with Gasteiger partial charge in [-0.25, -0.2) is 0 Å². The Morgan fingerprint density at radius 3 is 2.24 bits per heavy atom. The maximum atomic E-state index is 12.4. The third kappa shape index (κ3) is 4.66. The van der Waals surface area contributed by atoms with Gasteiger partial charge in [-0.3, -0.25) is 14.6 Å². The summed E-state index contributed by atoms with van der Waals surface area (Å²) in [5, 5.41) is 0. The van der Waals surface area contributed by atoms with Crippen LogP contribution in [-0.4, -0.2) is 37.2 Å². The lowest BCUT2D eigenvalue weighted by Crippen LogP contribution is -2.51. The van der Waals surface area contributed by atoms with Crippen LogP contribution in [0.25, 0.3) is 0 Å². The number of carbonyl (C=O) groups is 1. The molecule has 2 aromatic rings. The number of anilines is 1. The van der Waals surface area contributed by atoms with E-state index < -0.39 is 6.41 Å². The van der Waals surface area contributed by atoms with Gasteiger partial charge in [-0.05, 0) is 24.1 Å². The molecule has 0 bridgehead atoms. The molecule has 0 aromatic heterocycles. The van der Waals surface area contributed by atoms with E-state index in [1.54, 1.807) is 4.90 Å². The highest BCUT2D eigenvalue weighted by atomic mass is 16.7. The molecule has 0 saturated carbocycles. The quantitative estimate of drug-likeness (QED) is 0.810. The summed E-state index contributed by atoms with van der Waals surface area (Å²) in [7, 11) is 0. The fraction of sp³-hybridized carbons (Fsp3) is 0.350. The van der Waals surface area contributed by atoms with Crippen molar-refractivity contribution in [2.45, 2.75) is 26.2 Å². The SMILES string of the molecule is CCC(=O)N(c1ccccc1)C1OCN(CCc2ccccc2)CO1. The molecule has 1 saturated heterocycles. The van der Waals surface area contributed by atoms with Crippen LogP contribution in [0.1, 0.15) is 18.9 Å². The van der Waals surface area contributed by atoms with Gasteiger partial charge in [0.1, 0.15) is 13.5 Å². The standard InChI is InChI=1S/C20H24N2O3/c1-2-19(23)22(18-11-7-4-8-12-18)20-24-15-21(16-25-20)14-13-17-9-5-3-6-10-17/h3-12,20H,2,13-16H2,1H3. The summed E-state index contributed by atoms with van der Waals surface area (Å²) >= 11 is 0. The Morgan fingerprint density at radius 2 is 1.64 bits per heavy atom. The van der Waals surface area contributed by atoms with E-state index in [9.17, 15) is 4.79 Å². The first-order valence-corrected chi connectivity index (χ1v) is 8.64. The van der Waals surface area contributed by atoms with Gasteiger partial charge in [0, 0.05) is 18.7 Å². The Bertz CT molecular complexity index is 655. The number of benzene rings is 2. The molecule has 132 valence electrons. The highest BCUT2D eigenvalue weighted by Gasteiger charge is 2.29. The monoisotopic (exact) mass is 340 g/mol. The van der Waals surface area contributed by atoms with Gasteiger partial charge in [0.05, 0.1) is 0 Å². The van der Waals surface area contributed by atoms with Crippen molar-refractivity contribution in [2.24, 2.45) is 0 Å². The first-order chi connectivity index (χ1) is 12.3. The average Bonchev–Trinajstić information content (AvgIpc) is 2.69. The molecule has 0 spiro atoms. The van der Waals surface area contributed by atoms with E-state index in [1.807, 2.05) is 55.5 Å². The van der Waals surface area contributed by atoms with Crippen molar-refractivity contribution in [3.8, 4) is 0 Å². The van der Waals surface area contributed by atoms with Crippen molar-refractivity contribution in [1.29, 1.82) is 0 Å². The normalized spacial score (nSPS) is 15.9. The van der Waals surface area contributed by atoms with Crippen molar-refractivity contribution < 1.29 is 14.3 Å². The van der Waals surface area contributed by atoms with E-state index in [2.05, 4.69) is 17.0 Å². The third-order valence-electron chi connectivity index (χ3n) is 4.18. The summed E-state index contributed by atoms with van der Waals surface area (Å²) in [5.41, 5.74) is 2.08. The lowest BCUT2D eigenvalue weighted by atomic mass is 10.1. The summed E-state index contributed by atoms with van der Waals surface area (Å²) in [6.07, 6.45) is 0.660. The molecule has 0 unspecified atom stereocenters. The van der Waals surface area contributed by atoms with Crippen LogP contribution < -0.4 is 4.90 Å². The number of rotatable bonds is 6. The zero-order valence-corrected chi connectivity index (χ0v) is 14.5. The van der Waals surface area contributed by atoms with Gasteiger partial charge in [0.25, 0.3) is 0 Å². The minimum absolute atomic E-state index is 0.0195. The van der Waals surface area contributed by atoms with Gasteiger partial charge in [0.2, 0.25) is 12.3 Å². The van der Waals surface area contributed by atoms with Gasteiger partial charge in [-0.2, -0.15) is 0 Å². The number of nitrogens with zero attached hydrogens (tertiary/aromatic N) is 2. The molecule has 5 heteroatoms. The fourth-order valence-corrected chi connectivity index (χ4v) is 2.78. The maximum absolute atomic E-state index is 12.4. The van der Waals surface area contributed by atoms with E-state index in [-0.39, 0.29) is 5.91 Å². The molecule has 2 aromatic carbocycles. The van der Waals surface area contributed by atoms with E-state index in [0.717, 1.165) is 18.7 Å². The highest BCUT2D eigenvalue weighted by molar-refractivity contribution is 5.93. The van der Waals surface area contributed by atoms with Crippen molar-refractivity contribution >= 4 is 11.6 Å². The van der Waals surface area contributed by atoms with E-state index in [4.69, 9.17) is 9.47 Å². The molecule has 1 heterocycles. The van der Waals surface area contributed by atoms with Gasteiger partial charge >= 0.3 is 0 Å². The topological polar surface area (TPSA) is 42.0 Å². The Hall–Kier alpha value is -2.21. The number of para-hydroxylation sites is 1. The van der Waals surface area contributed by atoms with Crippen molar-refractivity contribution in [1.82, 2.24) is 4.90 Å². The molecule has 1 fully saturated rings. The van der Waals surface area contributed by atoms with Crippen LogP contribution in [0.3, 0.4) is 0 Å². The smallest absolute Gasteiger partial charge is 0.249 e. The molecule has 3 rings (SSSR count). The van der Waals surface area contributed by atoms with Crippen LogP contribution in [0, 0.1) is 0 Å². The molecule has 5 nitrogen and oxygen atoms in total. The predicted molar refractivity (Wildman–Crippen MR) is 96.8 cm³/mol. The second-order valence-electron chi connectivity index (χ2n) is 5.98. The molecular weight excluding hydrogens is 316 g/mol. The maximum Gasteiger partial charge on any atom is 0.249 e. The Labute approximate surface area is 148 Å². The van der Waals surface area contributed by atoms with Crippen molar-refractivity contribution in [3.05, 3.63) is 66.2 Å². The summed E-state index contributed by atoms with van der Waals surface area (Å²) in [5.74, 6) is -0.0195. The zero-order valence-electron chi connectivity index (χ0n) is 14.5. The first-order valence-electron chi connectivity index (χ1n) is 8.64. The largest absolute Gasteiger partial charge is 0.319 e. The fourth-order valence-electron chi connectivity index (χ4n) is 2.78. The molecule has 1 amide bonds. The second kappa shape index (κ2) is 8.76. The van der Waals surface area contributed by atoms with Crippen LogP contribution in [0.2, 0.25) is 0 Å². The Balaban J connectivity index is 1.57. The van der Waals surface area contributed by atoms with Gasteiger partial charge in [0.15, 0.2) is 0 Å².